The van der Waals surface area contributed by atoms with Crippen LogP contribution in [0, 0.1) is 0 Å². The summed E-state index contributed by atoms with van der Waals surface area (Å²) in [4.78, 5) is 11.5. The van der Waals surface area contributed by atoms with Crippen molar-refractivity contribution in [2.75, 3.05) is 13.2 Å². The Morgan fingerprint density at radius 3 is 1.18 bits per heavy atom. The average molecular weight is 547 g/mol. The molecule has 9 heteroatoms. The summed E-state index contributed by atoms with van der Waals surface area (Å²) >= 11 is -2.18. The molecule has 0 spiro atoms. The van der Waals surface area contributed by atoms with Crippen LogP contribution in [0.3, 0.4) is 0 Å². The summed E-state index contributed by atoms with van der Waals surface area (Å²) in [5.74, 6) is 0. The van der Waals surface area contributed by atoms with Crippen LogP contribution >= 0.6 is 7.82 Å². The molecule has 0 aromatic rings. The maximum Gasteiger partial charge on any atom is 0.267 e. The SMILES string of the molecule is CC(C)[O][Ti+]([O]C(C)C)[O]C(C)C.CCCCCCCCOP(=O)([O-])OCCCCCCCC. The Kier molecular flexibility index (Phi) is 27.5. The molecule has 34 heavy (non-hydrogen) atoms. The minimum absolute atomic E-state index is 0.187. The molecule has 0 aromatic carbocycles. The van der Waals surface area contributed by atoms with Gasteiger partial charge in [0, 0.05) is 0 Å². The van der Waals surface area contributed by atoms with E-state index in [2.05, 4.69) is 13.8 Å². The first-order chi connectivity index (χ1) is 16.0. The predicted molar refractivity (Wildman–Crippen MR) is 135 cm³/mol. The van der Waals surface area contributed by atoms with Crippen LogP contribution in [-0.2, 0) is 42.6 Å². The monoisotopic (exact) mass is 546 g/mol. The van der Waals surface area contributed by atoms with Crippen molar-refractivity contribution in [2.45, 2.75) is 151 Å². The van der Waals surface area contributed by atoms with Gasteiger partial charge >= 0.3 is 88.8 Å². The first-order valence-corrected chi connectivity index (χ1v) is 16.9. The Hall–Kier alpha value is 0.704. The van der Waals surface area contributed by atoms with E-state index in [0.717, 1.165) is 38.5 Å². The molecule has 0 aliphatic carbocycles. The van der Waals surface area contributed by atoms with Gasteiger partial charge in [0.25, 0.3) is 7.82 Å². The normalized spacial score (nSPS) is 11.9. The largest absolute Gasteiger partial charge is 0.756 e. The second-order valence-electron chi connectivity index (χ2n) is 9.40. The van der Waals surface area contributed by atoms with Crippen LogP contribution in [0.5, 0.6) is 0 Å². The Bertz CT molecular complexity index is 419. The van der Waals surface area contributed by atoms with Gasteiger partial charge in [0.1, 0.15) is 0 Å². The van der Waals surface area contributed by atoms with Crippen LogP contribution in [0.15, 0.2) is 0 Å². The van der Waals surface area contributed by atoms with E-state index in [-0.39, 0.29) is 31.5 Å². The third-order valence-electron chi connectivity index (χ3n) is 4.49. The minimum atomic E-state index is -4.07. The molecular formula is C25H55O7PTi. The van der Waals surface area contributed by atoms with Gasteiger partial charge in [0.05, 0.1) is 13.2 Å². The predicted octanol–water partition coefficient (Wildman–Crippen LogP) is 7.83. The molecule has 0 rings (SSSR count). The summed E-state index contributed by atoms with van der Waals surface area (Å²) in [5.41, 5.74) is 0. The van der Waals surface area contributed by atoms with E-state index < -0.39 is 26.9 Å². The minimum Gasteiger partial charge on any atom is -0.756 e. The fourth-order valence-corrected chi connectivity index (χ4v) is 5.66. The van der Waals surface area contributed by atoms with Crippen LogP contribution in [0.4, 0.5) is 0 Å². The number of hydrogen-bond donors (Lipinski definition) is 0. The van der Waals surface area contributed by atoms with Crippen molar-refractivity contribution in [3.8, 4) is 0 Å². The first-order valence-electron chi connectivity index (χ1n) is 13.5. The standard InChI is InChI=1S/C16H35O4P.3C3H7O.Ti/c1-3-5-7-9-11-13-15-19-21(17,18)20-16-14-12-10-8-6-4-2;3*1-3(2)4;/h3-16H2,1-2H3,(H,17,18);3*3H,1-2H3;/q;3*-1;+4/p-1. The third kappa shape index (κ3) is 30.7. The molecule has 0 saturated carbocycles. The van der Waals surface area contributed by atoms with E-state index in [0.29, 0.717) is 0 Å². The number of unbranched alkanes of at least 4 members (excludes halogenated alkanes) is 10. The van der Waals surface area contributed by atoms with Crippen molar-refractivity contribution in [3.05, 3.63) is 0 Å². The smallest absolute Gasteiger partial charge is 0.267 e. The Labute approximate surface area is 218 Å². The van der Waals surface area contributed by atoms with E-state index in [1.807, 2.05) is 41.5 Å². The van der Waals surface area contributed by atoms with Gasteiger partial charge < -0.3 is 13.9 Å². The Morgan fingerprint density at radius 1 is 0.588 bits per heavy atom. The second-order valence-corrected chi connectivity index (χ2v) is 12.7. The van der Waals surface area contributed by atoms with Crippen LogP contribution < -0.4 is 4.89 Å². The summed E-state index contributed by atoms with van der Waals surface area (Å²) < 4.78 is 38.0. The molecule has 0 N–H and O–H groups in total. The molecule has 0 heterocycles. The van der Waals surface area contributed by atoms with Crippen molar-refractivity contribution < 1.29 is 47.5 Å². The molecule has 0 saturated heterocycles. The number of hydrogen-bond acceptors (Lipinski definition) is 7. The van der Waals surface area contributed by atoms with Gasteiger partial charge in [-0.2, -0.15) is 0 Å². The molecule has 0 fully saturated rings. The summed E-state index contributed by atoms with van der Waals surface area (Å²) in [6.45, 7) is 16.9. The van der Waals surface area contributed by atoms with Crippen molar-refractivity contribution in [1.29, 1.82) is 0 Å². The summed E-state index contributed by atoms with van der Waals surface area (Å²) in [6, 6.07) is 0. The molecule has 0 unspecified atom stereocenters. The second kappa shape index (κ2) is 25.4. The van der Waals surface area contributed by atoms with Crippen LogP contribution in [0.2, 0.25) is 0 Å². The molecule has 7 nitrogen and oxygen atoms in total. The molecule has 0 aliphatic rings. The van der Waals surface area contributed by atoms with Crippen molar-refractivity contribution >= 4 is 7.82 Å². The van der Waals surface area contributed by atoms with E-state index in [1.54, 1.807) is 0 Å². The van der Waals surface area contributed by atoms with Crippen LogP contribution in [0.25, 0.3) is 0 Å². The van der Waals surface area contributed by atoms with Gasteiger partial charge in [0.2, 0.25) is 0 Å². The van der Waals surface area contributed by atoms with Gasteiger partial charge in [-0.15, -0.1) is 0 Å². The van der Waals surface area contributed by atoms with Gasteiger partial charge in [-0.1, -0.05) is 78.1 Å². The van der Waals surface area contributed by atoms with Crippen molar-refractivity contribution in [1.82, 2.24) is 0 Å². The van der Waals surface area contributed by atoms with Crippen LogP contribution in [0.1, 0.15) is 132 Å². The van der Waals surface area contributed by atoms with E-state index in [4.69, 9.17) is 19.0 Å². The van der Waals surface area contributed by atoms with E-state index >= 15 is 0 Å². The quantitative estimate of drug-likeness (QED) is 0.0777. The number of rotatable bonds is 22. The van der Waals surface area contributed by atoms with Gasteiger partial charge in [-0.3, -0.25) is 4.57 Å². The summed E-state index contributed by atoms with van der Waals surface area (Å²) in [5, 5.41) is 0. The van der Waals surface area contributed by atoms with Gasteiger partial charge in [-0.25, -0.2) is 0 Å². The van der Waals surface area contributed by atoms with Gasteiger partial charge in [0.15, 0.2) is 0 Å². The Balaban J connectivity index is 0. The molecular weight excluding hydrogens is 491 g/mol. The molecule has 0 bridgehead atoms. The van der Waals surface area contributed by atoms with Crippen molar-refractivity contribution in [3.63, 3.8) is 0 Å². The zero-order valence-electron chi connectivity index (χ0n) is 23.4. The van der Waals surface area contributed by atoms with E-state index in [9.17, 15) is 9.46 Å². The maximum atomic E-state index is 11.5. The van der Waals surface area contributed by atoms with Crippen LogP contribution in [-0.4, -0.2) is 31.5 Å². The third-order valence-corrected chi connectivity index (χ3v) is 8.60. The summed E-state index contributed by atoms with van der Waals surface area (Å²) in [6.07, 6.45) is 13.9. The zero-order valence-corrected chi connectivity index (χ0v) is 25.9. The number of phosphoric acid groups is 1. The van der Waals surface area contributed by atoms with Gasteiger partial charge in [-0.05, 0) is 12.8 Å². The molecule has 0 atom stereocenters. The fraction of sp³-hybridized carbons (Fsp3) is 1.00. The zero-order chi connectivity index (χ0) is 26.2. The first kappa shape index (κ1) is 36.9. The average Bonchev–Trinajstić information content (AvgIpc) is 2.71. The molecule has 0 aliphatic heterocycles. The topological polar surface area (TPSA) is 86.3 Å². The summed E-state index contributed by atoms with van der Waals surface area (Å²) in [7, 11) is -4.07. The molecule has 0 aromatic heterocycles. The fourth-order valence-electron chi connectivity index (χ4n) is 2.82. The maximum absolute atomic E-state index is 11.5. The molecule has 206 valence electrons. The molecule has 0 radical (unpaired) electrons. The van der Waals surface area contributed by atoms with Crippen molar-refractivity contribution in [2.24, 2.45) is 0 Å². The number of phosphoric ester groups is 1. The molecule has 0 amide bonds. The van der Waals surface area contributed by atoms with E-state index in [1.165, 1.54) is 38.5 Å². The Morgan fingerprint density at radius 2 is 0.882 bits per heavy atom.